The van der Waals surface area contributed by atoms with E-state index in [0.29, 0.717) is 13.2 Å². The van der Waals surface area contributed by atoms with Crippen LogP contribution < -0.4 is 0 Å². The Hall–Kier alpha value is -0.470. The van der Waals surface area contributed by atoms with Crippen molar-refractivity contribution in [1.29, 1.82) is 0 Å². The Kier molecular flexibility index (Phi) is 8.53. The van der Waals surface area contributed by atoms with Gasteiger partial charge < -0.3 is 14.6 Å². The van der Waals surface area contributed by atoms with E-state index in [1.807, 2.05) is 13.8 Å². The lowest BCUT2D eigenvalue weighted by Gasteiger charge is -2.10. The molecule has 0 unspecified atom stereocenters. The van der Waals surface area contributed by atoms with Crippen LogP contribution in [0.2, 0.25) is 0 Å². The van der Waals surface area contributed by atoms with Crippen LogP contribution in [-0.4, -0.2) is 24.0 Å². The van der Waals surface area contributed by atoms with Crippen LogP contribution in [0.25, 0.3) is 5.53 Å². The molecule has 0 saturated heterocycles. The normalized spacial score (nSPS) is 11.1. The van der Waals surface area contributed by atoms with E-state index >= 15 is 0 Å². The Balaban J connectivity index is 4.07. The van der Waals surface area contributed by atoms with Crippen molar-refractivity contribution in [3.8, 4) is 0 Å². The second-order valence-corrected chi connectivity index (χ2v) is 4.97. The summed E-state index contributed by atoms with van der Waals surface area (Å²) in [5, 5.41) is 0. The maximum atomic E-state index is 11.8. The Morgan fingerprint density at radius 1 is 1.20 bits per heavy atom. The third kappa shape index (κ3) is 7.46. The van der Waals surface area contributed by atoms with Crippen molar-refractivity contribution >= 4 is 13.6 Å². The summed E-state index contributed by atoms with van der Waals surface area (Å²) in [6.07, 6.45) is 3.51. The lowest BCUT2D eigenvalue weighted by atomic mass is 10.4. The molecule has 0 N–H and O–H groups in total. The summed E-state index contributed by atoms with van der Waals surface area (Å²) in [7, 11) is -3.32. The third-order valence-corrected chi connectivity index (χ3v) is 3.20. The molecule has 0 spiro atoms. The number of nitrogens with zero attached hydrogens (tertiary/aromatic N) is 2. The molecule has 88 valence electrons. The van der Waals surface area contributed by atoms with Gasteiger partial charge in [-0.25, -0.2) is 4.57 Å². The Labute approximate surface area is 90.9 Å². The van der Waals surface area contributed by atoms with Crippen molar-refractivity contribution in [2.75, 3.05) is 13.2 Å². The molecule has 5 nitrogen and oxygen atoms in total. The van der Waals surface area contributed by atoms with Crippen LogP contribution in [0.1, 0.15) is 39.5 Å². The van der Waals surface area contributed by atoms with E-state index in [1.165, 1.54) is 0 Å². The minimum absolute atomic E-state index is 0.353. The van der Waals surface area contributed by atoms with Gasteiger partial charge in [-0.3, -0.25) is 0 Å². The van der Waals surface area contributed by atoms with E-state index < -0.39 is 7.60 Å². The maximum absolute atomic E-state index is 11.8. The summed E-state index contributed by atoms with van der Waals surface area (Å²) >= 11 is 0. The van der Waals surface area contributed by atoms with Crippen molar-refractivity contribution in [1.82, 2.24) is 0 Å². The van der Waals surface area contributed by atoms with Crippen LogP contribution in [0, 0.1) is 0 Å². The SMILES string of the molecule is CCCCOP(=O)(C=[N+]=[N-])OCCCC. The van der Waals surface area contributed by atoms with Gasteiger partial charge in [0.25, 0.3) is 0 Å². The maximum Gasteiger partial charge on any atom is 0.434 e. The summed E-state index contributed by atoms with van der Waals surface area (Å²) in [5.41, 5.74) is 8.35. The Morgan fingerprint density at radius 3 is 2.00 bits per heavy atom. The van der Waals surface area contributed by atoms with E-state index in [-0.39, 0.29) is 0 Å². The molecule has 0 atom stereocenters. The molecule has 15 heavy (non-hydrogen) atoms. The molecule has 0 aliphatic rings. The lowest BCUT2D eigenvalue weighted by Crippen LogP contribution is -2.00. The van der Waals surface area contributed by atoms with Gasteiger partial charge in [-0.1, -0.05) is 26.7 Å². The molecular formula is C9H19N2O3P. The predicted molar refractivity (Wildman–Crippen MR) is 59.0 cm³/mol. The standard InChI is InChI=1S/C9H19N2O3P/c1-3-5-7-13-15(12,9-11-10)14-8-6-4-2/h9H,3-8H2,1-2H3. The van der Waals surface area contributed by atoms with E-state index in [1.54, 1.807) is 0 Å². The Bertz CT molecular complexity index is 238. The highest BCUT2D eigenvalue weighted by molar-refractivity contribution is 7.69. The number of hydrogen-bond acceptors (Lipinski definition) is 3. The van der Waals surface area contributed by atoms with Crippen molar-refractivity contribution in [3.63, 3.8) is 0 Å². The second kappa shape index (κ2) is 8.81. The summed E-state index contributed by atoms with van der Waals surface area (Å²) in [5.74, 6) is 0.846. The van der Waals surface area contributed by atoms with Gasteiger partial charge in [0.15, 0.2) is 0 Å². The largest absolute Gasteiger partial charge is 0.434 e. The average molecular weight is 234 g/mol. The summed E-state index contributed by atoms with van der Waals surface area (Å²) in [6, 6.07) is 0. The zero-order valence-corrected chi connectivity index (χ0v) is 10.3. The molecule has 0 aliphatic heterocycles. The van der Waals surface area contributed by atoms with Gasteiger partial charge in [0, 0.05) is 0 Å². The molecule has 0 aromatic carbocycles. The highest BCUT2D eigenvalue weighted by atomic mass is 31.2. The topological polar surface area (TPSA) is 71.9 Å². The summed E-state index contributed by atoms with van der Waals surface area (Å²) in [6.45, 7) is 4.72. The van der Waals surface area contributed by atoms with Crippen molar-refractivity contribution in [3.05, 3.63) is 5.53 Å². The fraction of sp³-hybridized carbons (Fsp3) is 0.889. The smallest absolute Gasteiger partial charge is 0.361 e. The molecule has 0 saturated carbocycles. The van der Waals surface area contributed by atoms with Crippen LogP contribution in [-0.2, 0) is 13.6 Å². The van der Waals surface area contributed by atoms with Crippen LogP contribution >= 0.6 is 7.60 Å². The molecule has 0 fully saturated rings. The fourth-order valence-electron chi connectivity index (χ4n) is 0.839. The fourth-order valence-corrected chi connectivity index (χ4v) is 1.94. The molecule has 0 aromatic heterocycles. The van der Waals surface area contributed by atoms with Crippen LogP contribution in [0.3, 0.4) is 0 Å². The van der Waals surface area contributed by atoms with Gasteiger partial charge >= 0.3 is 13.6 Å². The van der Waals surface area contributed by atoms with Gasteiger partial charge in [0.05, 0.1) is 13.2 Å². The van der Waals surface area contributed by atoms with Crippen LogP contribution in [0.5, 0.6) is 0 Å². The molecule has 0 aromatic rings. The van der Waals surface area contributed by atoms with Gasteiger partial charge in [0.1, 0.15) is 0 Å². The van der Waals surface area contributed by atoms with Gasteiger partial charge in [-0.2, -0.15) is 4.79 Å². The molecule has 6 heteroatoms. The quantitative estimate of drug-likeness (QED) is 0.202. The molecule has 0 radical (unpaired) electrons. The first kappa shape index (κ1) is 14.5. The monoisotopic (exact) mass is 234 g/mol. The second-order valence-electron chi connectivity index (χ2n) is 3.14. The summed E-state index contributed by atoms with van der Waals surface area (Å²) < 4.78 is 22.0. The van der Waals surface area contributed by atoms with Crippen LogP contribution in [0.4, 0.5) is 0 Å². The molecule has 0 amide bonds. The van der Waals surface area contributed by atoms with Gasteiger partial charge in [-0.05, 0) is 12.8 Å². The zero-order chi connectivity index (χ0) is 11.6. The van der Waals surface area contributed by atoms with E-state index in [4.69, 9.17) is 14.6 Å². The third-order valence-electron chi connectivity index (χ3n) is 1.73. The van der Waals surface area contributed by atoms with E-state index in [2.05, 4.69) is 4.79 Å². The van der Waals surface area contributed by atoms with E-state index in [0.717, 1.165) is 31.6 Å². The predicted octanol–water partition coefficient (Wildman–Crippen LogP) is 3.07. The first-order chi connectivity index (χ1) is 7.18. The van der Waals surface area contributed by atoms with Crippen molar-refractivity contribution in [2.24, 2.45) is 0 Å². The minimum atomic E-state index is -3.32. The van der Waals surface area contributed by atoms with Crippen molar-refractivity contribution in [2.45, 2.75) is 39.5 Å². The van der Waals surface area contributed by atoms with Crippen LogP contribution in [0.15, 0.2) is 0 Å². The number of rotatable bonds is 9. The van der Waals surface area contributed by atoms with E-state index in [9.17, 15) is 4.57 Å². The first-order valence-electron chi connectivity index (χ1n) is 5.26. The zero-order valence-electron chi connectivity index (χ0n) is 9.39. The minimum Gasteiger partial charge on any atom is -0.361 e. The van der Waals surface area contributed by atoms with Crippen molar-refractivity contribution < 1.29 is 18.4 Å². The molecule has 0 rings (SSSR count). The highest BCUT2D eigenvalue weighted by Crippen LogP contribution is 2.44. The van der Waals surface area contributed by atoms with Gasteiger partial charge in [-0.15, -0.1) is 0 Å². The molecule has 0 bridgehead atoms. The first-order valence-corrected chi connectivity index (χ1v) is 6.87. The lowest BCUT2D eigenvalue weighted by molar-refractivity contribution is 0.00434. The Morgan fingerprint density at radius 2 is 1.67 bits per heavy atom. The average Bonchev–Trinajstić information content (AvgIpc) is 2.19. The number of hydrogen-bond donors (Lipinski definition) is 0. The number of unbranched alkanes of at least 4 members (excludes halogenated alkanes) is 2. The summed E-state index contributed by atoms with van der Waals surface area (Å²) in [4.78, 5) is 2.73. The highest BCUT2D eigenvalue weighted by Gasteiger charge is 2.26. The molecule has 0 heterocycles. The molecule has 0 aliphatic carbocycles. The van der Waals surface area contributed by atoms with Gasteiger partial charge in [0.2, 0.25) is 0 Å². The molecular weight excluding hydrogens is 215 g/mol.